The predicted octanol–water partition coefficient (Wildman–Crippen LogP) is 1.49. The average Bonchev–Trinajstić information content (AvgIpc) is 1.39. The number of rotatable bonds is 0. The Morgan fingerprint density at radius 2 is 0.700 bits per heavy atom. The summed E-state index contributed by atoms with van der Waals surface area (Å²) in [6, 6.07) is 0. The molecule has 0 aromatic rings. The van der Waals surface area contributed by atoms with Gasteiger partial charge in [0.25, 0.3) is 0 Å². The molecule has 8 heteroatoms. The fourth-order valence-electron chi connectivity index (χ4n) is 0. The zero-order valence-corrected chi connectivity index (χ0v) is 7.72. The summed E-state index contributed by atoms with van der Waals surface area (Å²) in [5.74, 6) is 0. The van der Waals surface area contributed by atoms with E-state index in [4.69, 9.17) is 20.4 Å². The van der Waals surface area contributed by atoms with Crippen LogP contribution in [-0.2, 0) is 9.59 Å². The summed E-state index contributed by atoms with van der Waals surface area (Å²) in [4.78, 5) is 16.7. The number of nitrogens with one attached hydrogen (secondary N) is 2. The Bertz CT molecular complexity index is 73.3. The molecule has 64 valence electrons. The first-order chi connectivity index (χ1) is 2.83. The van der Waals surface area contributed by atoms with Crippen molar-refractivity contribution in [3.05, 3.63) is 0 Å². The molecule has 0 aliphatic heterocycles. The molecule has 0 heterocycles. The van der Waals surface area contributed by atoms with Crippen LogP contribution >= 0.6 is 49.6 Å². The fourth-order valence-corrected chi connectivity index (χ4v) is 0. The summed E-state index contributed by atoms with van der Waals surface area (Å²) >= 11 is 0. The van der Waals surface area contributed by atoms with E-state index in [-0.39, 0.29) is 49.6 Å². The third kappa shape index (κ3) is 59300. The molecule has 10 heavy (non-hydrogen) atoms. The van der Waals surface area contributed by atoms with Crippen molar-refractivity contribution in [3.63, 3.8) is 0 Å². The van der Waals surface area contributed by atoms with Crippen LogP contribution in [0.2, 0.25) is 0 Å². The van der Waals surface area contributed by atoms with Crippen LogP contribution in [0.1, 0.15) is 0 Å². The molecule has 0 unspecified atom stereocenters. The van der Waals surface area contributed by atoms with Crippen molar-refractivity contribution >= 4 is 61.8 Å². The monoisotopic (exact) mass is 230 g/mol. The molecule has 2 N–H and O–H groups in total. The van der Waals surface area contributed by atoms with Crippen LogP contribution in [0, 0.1) is 10.8 Å². The third-order valence-corrected chi connectivity index (χ3v) is 0. The van der Waals surface area contributed by atoms with Crippen LogP contribution in [-0.4, -0.2) is 12.2 Å². The zero-order valence-electron chi connectivity index (χ0n) is 4.45. The van der Waals surface area contributed by atoms with Crippen molar-refractivity contribution < 1.29 is 9.59 Å². The van der Waals surface area contributed by atoms with Crippen LogP contribution in [0.3, 0.4) is 0 Å². The van der Waals surface area contributed by atoms with Gasteiger partial charge in [0.2, 0.25) is 12.2 Å². The summed E-state index contributed by atoms with van der Waals surface area (Å²) in [5, 5.41) is 10.8. The molecule has 0 aromatic carbocycles. The lowest BCUT2D eigenvalue weighted by atomic mass is 11.7. The lowest BCUT2D eigenvalue weighted by molar-refractivity contribution is 0.562. The normalized spacial score (nSPS) is 1.60. The SMILES string of the molecule is Cl.Cl.Cl.Cl.N=C=O.N=C=O. The van der Waals surface area contributed by atoms with Crippen LogP contribution in [0.4, 0.5) is 0 Å². The van der Waals surface area contributed by atoms with Crippen molar-refractivity contribution in [3.8, 4) is 0 Å². The smallest absolute Gasteiger partial charge is 0.222 e. The minimum atomic E-state index is 0. The van der Waals surface area contributed by atoms with E-state index < -0.39 is 0 Å². The van der Waals surface area contributed by atoms with Gasteiger partial charge in [0.15, 0.2) is 0 Å². The Hall–Kier alpha value is -0.0800. The quantitative estimate of drug-likeness (QED) is 0.489. The van der Waals surface area contributed by atoms with Gasteiger partial charge in [0.1, 0.15) is 0 Å². The van der Waals surface area contributed by atoms with Gasteiger partial charge in [-0.15, -0.1) is 49.6 Å². The van der Waals surface area contributed by atoms with Crippen molar-refractivity contribution in [1.82, 2.24) is 0 Å². The molecule has 0 spiro atoms. The van der Waals surface area contributed by atoms with Crippen LogP contribution < -0.4 is 0 Å². The number of halogens is 4. The largest absolute Gasteiger partial charge is 0.231 e. The number of carbonyl (C=O) groups excluding carboxylic acids is 2. The molecule has 4 nitrogen and oxygen atoms in total. The first-order valence-corrected chi connectivity index (χ1v) is 0.908. The van der Waals surface area contributed by atoms with Crippen molar-refractivity contribution in [1.29, 1.82) is 10.8 Å². The minimum Gasteiger partial charge on any atom is -0.222 e. The molecule has 0 aliphatic carbocycles. The second-order valence-corrected chi connectivity index (χ2v) is 0.204. The second-order valence-electron chi connectivity index (χ2n) is 0.204. The van der Waals surface area contributed by atoms with Gasteiger partial charge in [0.05, 0.1) is 0 Å². The molecule has 0 aromatic heterocycles. The lowest BCUT2D eigenvalue weighted by Gasteiger charge is -1.02. The van der Waals surface area contributed by atoms with E-state index in [1.807, 2.05) is 0 Å². The zero-order chi connectivity index (χ0) is 5.41. The van der Waals surface area contributed by atoms with E-state index in [1.54, 1.807) is 0 Å². The second kappa shape index (κ2) is 152. The molecule has 0 fully saturated rings. The van der Waals surface area contributed by atoms with E-state index in [0.29, 0.717) is 0 Å². The molecular formula is C2H6Cl4N2O2. The van der Waals surface area contributed by atoms with Gasteiger partial charge in [-0.25, -0.2) is 20.4 Å². The molecule has 0 saturated carbocycles. The highest BCUT2D eigenvalue weighted by Crippen LogP contribution is 0.871. The van der Waals surface area contributed by atoms with Gasteiger partial charge in [-0.1, -0.05) is 0 Å². The first kappa shape index (κ1) is 51.4. The van der Waals surface area contributed by atoms with E-state index in [1.165, 1.54) is 0 Å². The summed E-state index contributed by atoms with van der Waals surface area (Å²) in [7, 11) is 0. The van der Waals surface area contributed by atoms with Gasteiger partial charge in [-0.05, 0) is 0 Å². The molecule has 0 saturated heterocycles. The molecule has 0 radical (unpaired) electrons. The predicted molar refractivity (Wildman–Crippen MR) is 45.8 cm³/mol. The maximum atomic E-state index is 8.35. The van der Waals surface area contributed by atoms with E-state index >= 15 is 0 Å². The van der Waals surface area contributed by atoms with Crippen molar-refractivity contribution in [2.45, 2.75) is 0 Å². The topological polar surface area (TPSA) is 81.8 Å². The summed E-state index contributed by atoms with van der Waals surface area (Å²) in [6.07, 6.45) is 1.50. The molecule has 0 amide bonds. The van der Waals surface area contributed by atoms with Crippen LogP contribution in [0.25, 0.3) is 0 Å². The first-order valence-electron chi connectivity index (χ1n) is 0.908. The highest BCUT2D eigenvalue weighted by Gasteiger charge is 1.04. The van der Waals surface area contributed by atoms with Gasteiger partial charge < -0.3 is 0 Å². The molecule has 0 aliphatic rings. The van der Waals surface area contributed by atoms with E-state index in [0.717, 1.165) is 12.2 Å². The van der Waals surface area contributed by atoms with Gasteiger partial charge in [0, 0.05) is 0 Å². The Kier molecular flexibility index (Phi) is 780. The Morgan fingerprint density at radius 3 is 0.700 bits per heavy atom. The average molecular weight is 232 g/mol. The molecular weight excluding hydrogens is 226 g/mol. The maximum absolute atomic E-state index is 8.35. The van der Waals surface area contributed by atoms with Crippen molar-refractivity contribution in [2.24, 2.45) is 0 Å². The number of hydrogen-bond donors (Lipinski definition) is 2. The molecule has 0 bridgehead atoms. The molecule has 0 atom stereocenters. The van der Waals surface area contributed by atoms with E-state index in [9.17, 15) is 0 Å². The Balaban J connectivity index is -0.00000000571. The summed E-state index contributed by atoms with van der Waals surface area (Å²) in [5.41, 5.74) is 0. The standard InChI is InChI=1S/2CHNO.4ClH/c2*2-1-3;;;;/h2*2H;4*1H. The summed E-state index contributed by atoms with van der Waals surface area (Å²) in [6.45, 7) is 0. The van der Waals surface area contributed by atoms with Crippen LogP contribution in [0.15, 0.2) is 0 Å². The van der Waals surface area contributed by atoms with Gasteiger partial charge >= 0.3 is 0 Å². The highest BCUT2D eigenvalue weighted by molar-refractivity contribution is 5.86. The third-order valence-electron chi connectivity index (χ3n) is 0. The molecule has 0 rings (SSSR count). The van der Waals surface area contributed by atoms with Crippen LogP contribution in [0.5, 0.6) is 0 Å². The number of hydrogen-bond acceptors (Lipinski definition) is 4. The van der Waals surface area contributed by atoms with E-state index in [2.05, 4.69) is 0 Å². The Morgan fingerprint density at radius 1 is 0.700 bits per heavy atom. The summed E-state index contributed by atoms with van der Waals surface area (Å²) < 4.78 is 0. The minimum absolute atomic E-state index is 0. The maximum Gasteiger partial charge on any atom is 0.231 e. The Labute approximate surface area is 82.4 Å². The number of isocyanates is 2. The fraction of sp³-hybridized carbons (Fsp3) is 0. The lowest BCUT2D eigenvalue weighted by Crippen LogP contribution is -1.16. The highest BCUT2D eigenvalue weighted by atomic mass is 35.5. The van der Waals surface area contributed by atoms with Gasteiger partial charge in [-0.3, -0.25) is 0 Å². The van der Waals surface area contributed by atoms with Gasteiger partial charge in [-0.2, -0.15) is 0 Å². The van der Waals surface area contributed by atoms with Crippen molar-refractivity contribution in [2.75, 3.05) is 0 Å².